The molecule has 30 heavy (non-hydrogen) atoms. The van der Waals surface area contributed by atoms with E-state index < -0.39 is 6.10 Å². The van der Waals surface area contributed by atoms with Gasteiger partial charge in [-0.05, 0) is 60.7 Å². The number of hydrogen-bond acceptors (Lipinski definition) is 5. The second-order valence-electron chi connectivity index (χ2n) is 12.1. The number of rotatable bonds is 4. The Morgan fingerprint density at radius 3 is 2.67 bits per heavy atom. The van der Waals surface area contributed by atoms with Crippen LogP contribution in [0.15, 0.2) is 0 Å². The van der Waals surface area contributed by atoms with Crippen molar-refractivity contribution in [1.29, 1.82) is 0 Å². The van der Waals surface area contributed by atoms with E-state index in [0.717, 1.165) is 25.7 Å². The van der Waals surface area contributed by atoms with E-state index in [4.69, 9.17) is 9.47 Å². The van der Waals surface area contributed by atoms with E-state index in [-0.39, 0.29) is 51.9 Å². The van der Waals surface area contributed by atoms with Crippen molar-refractivity contribution in [3.8, 4) is 0 Å². The van der Waals surface area contributed by atoms with Crippen molar-refractivity contribution in [2.45, 2.75) is 85.7 Å². The maximum atomic E-state index is 12.5. The molecular weight excluding hydrogens is 380 g/mol. The largest absolute Gasteiger partial charge is 0.465 e. The quantitative estimate of drug-likeness (QED) is 0.684. The third-order valence-corrected chi connectivity index (χ3v) is 9.39. The number of ether oxygens (including phenoxy) is 2. The number of carbonyl (C=O) groups excluding carboxylic acids is 2. The van der Waals surface area contributed by atoms with Crippen LogP contribution in [0.1, 0.15) is 79.6 Å². The molecule has 4 aliphatic rings. The maximum absolute atomic E-state index is 12.5. The van der Waals surface area contributed by atoms with Crippen LogP contribution < -0.4 is 0 Å². The summed E-state index contributed by atoms with van der Waals surface area (Å²) in [4.78, 5) is 25.0. The van der Waals surface area contributed by atoms with Crippen molar-refractivity contribution in [2.75, 3.05) is 13.2 Å². The van der Waals surface area contributed by atoms with Gasteiger partial charge in [-0.3, -0.25) is 9.59 Å². The lowest BCUT2D eigenvalue weighted by atomic mass is 9.38. The Balaban J connectivity index is 1.72. The normalized spacial score (nSPS) is 44.6. The summed E-state index contributed by atoms with van der Waals surface area (Å²) in [5, 5.41) is 11.5. The Morgan fingerprint density at radius 1 is 1.23 bits per heavy atom. The highest BCUT2D eigenvalue weighted by Gasteiger charge is 2.69. The van der Waals surface area contributed by atoms with E-state index in [0.29, 0.717) is 32.0 Å². The Morgan fingerprint density at radius 2 is 1.97 bits per heavy atom. The van der Waals surface area contributed by atoms with Crippen molar-refractivity contribution in [3.63, 3.8) is 0 Å². The van der Waals surface area contributed by atoms with Crippen LogP contribution in [0.25, 0.3) is 0 Å². The van der Waals surface area contributed by atoms with E-state index in [1.54, 1.807) is 0 Å². The monoisotopic (exact) mass is 420 g/mol. The van der Waals surface area contributed by atoms with Gasteiger partial charge in [-0.25, -0.2) is 0 Å². The van der Waals surface area contributed by atoms with Gasteiger partial charge in [0.25, 0.3) is 0 Å². The summed E-state index contributed by atoms with van der Waals surface area (Å²) < 4.78 is 11.4. The van der Waals surface area contributed by atoms with Crippen LogP contribution in [0.3, 0.4) is 0 Å². The Bertz CT molecular complexity index is 700. The molecule has 170 valence electrons. The fraction of sp³-hybridized carbons (Fsp3) is 0.920. The van der Waals surface area contributed by atoms with Crippen molar-refractivity contribution in [2.24, 2.45) is 45.8 Å². The molecule has 4 fully saturated rings. The molecule has 4 rings (SSSR count). The van der Waals surface area contributed by atoms with Crippen LogP contribution in [-0.4, -0.2) is 36.4 Å². The molecule has 3 aliphatic carbocycles. The molecule has 1 heterocycles. The number of esters is 2. The van der Waals surface area contributed by atoms with Crippen LogP contribution in [0.5, 0.6) is 0 Å². The first-order valence-electron chi connectivity index (χ1n) is 12.0. The van der Waals surface area contributed by atoms with E-state index in [1.807, 2.05) is 13.8 Å². The molecule has 1 aliphatic heterocycles. The first-order valence-corrected chi connectivity index (χ1v) is 12.0. The van der Waals surface area contributed by atoms with Gasteiger partial charge in [0, 0.05) is 17.8 Å². The lowest BCUT2D eigenvalue weighted by Crippen LogP contribution is -2.65. The lowest BCUT2D eigenvalue weighted by Gasteiger charge is -2.67. The van der Waals surface area contributed by atoms with Gasteiger partial charge in [-0.1, -0.05) is 41.0 Å². The minimum atomic E-state index is -0.553. The summed E-state index contributed by atoms with van der Waals surface area (Å²) in [7, 11) is 0. The van der Waals surface area contributed by atoms with Gasteiger partial charge < -0.3 is 14.6 Å². The van der Waals surface area contributed by atoms with Crippen molar-refractivity contribution >= 4 is 11.9 Å². The molecule has 5 heteroatoms. The van der Waals surface area contributed by atoms with Gasteiger partial charge >= 0.3 is 11.9 Å². The summed E-state index contributed by atoms with van der Waals surface area (Å²) in [5.41, 5.74) is -0.147. The molecule has 1 saturated heterocycles. The zero-order chi connectivity index (χ0) is 21.9. The molecule has 0 spiro atoms. The zero-order valence-corrected chi connectivity index (χ0v) is 19.4. The van der Waals surface area contributed by atoms with Gasteiger partial charge in [0.1, 0.15) is 0 Å². The first-order chi connectivity index (χ1) is 14.0. The van der Waals surface area contributed by atoms with Crippen LogP contribution in [0.2, 0.25) is 0 Å². The summed E-state index contributed by atoms with van der Waals surface area (Å²) in [5.74, 6) is 0.236. The summed E-state index contributed by atoms with van der Waals surface area (Å²) >= 11 is 0. The molecule has 0 radical (unpaired) electrons. The minimum Gasteiger partial charge on any atom is -0.465 e. The Kier molecular flexibility index (Phi) is 5.52. The highest BCUT2D eigenvalue weighted by Crippen LogP contribution is 2.69. The van der Waals surface area contributed by atoms with E-state index in [2.05, 4.69) is 20.8 Å². The van der Waals surface area contributed by atoms with Crippen LogP contribution >= 0.6 is 0 Å². The van der Waals surface area contributed by atoms with E-state index >= 15 is 0 Å². The molecule has 0 aromatic heterocycles. The topological polar surface area (TPSA) is 72.8 Å². The second-order valence-corrected chi connectivity index (χ2v) is 12.1. The summed E-state index contributed by atoms with van der Waals surface area (Å²) in [6.45, 7) is 11.9. The van der Waals surface area contributed by atoms with Gasteiger partial charge in [-0.2, -0.15) is 0 Å². The van der Waals surface area contributed by atoms with Crippen molar-refractivity contribution < 1.29 is 24.2 Å². The Labute approximate surface area is 181 Å². The maximum Gasteiger partial charge on any atom is 0.309 e. The SMILES string of the molecule is CC(C)CC(=O)OCC12CCC3C(C)(C)CCCC3(C)C1C(O)CC1C(=O)OCC12. The fourth-order valence-electron chi connectivity index (χ4n) is 8.38. The molecule has 0 aromatic carbocycles. The highest BCUT2D eigenvalue weighted by atomic mass is 16.5. The molecule has 1 N–H and O–H groups in total. The van der Waals surface area contributed by atoms with E-state index in [9.17, 15) is 14.7 Å². The fourth-order valence-corrected chi connectivity index (χ4v) is 8.38. The molecule has 0 bridgehead atoms. The highest BCUT2D eigenvalue weighted by molar-refractivity contribution is 5.75. The Hall–Kier alpha value is -1.10. The third-order valence-electron chi connectivity index (χ3n) is 9.39. The van der Waals surface area contributed by atoms with Gasteiger partial charge in [-0.15, -0.1) is 0 Å². The van der Waals surface area contributed by atoms with Crippen LogP contribution in [0, 0.1) is 45.8 Å². The molecule has 7 unspecified atom stereocenters. The second kappa shape index (κ2) is 7.50. The average Bonchev–Trinajstić information content (AvgIpc) is 3.00. The summed E-state index contributed by atoms with van der Waals surface area (Å²) in [6, 6.07) is 0. The number of cyclic esters (lactones) is 1. The van der Waals surface area contributed by atoms with E-state index in [1.165, 1.54) is 6.42 Å². The standard InChI is InChI=1S/C25H40O5/c1-15(2)11-20(27)30-14-25-10-7-19-23(3,4)8-6-9-24(19,5)21(25)18(26)12-16-17(25)13-29-22(16)28/h15-19,21,26H,6-14H2,1-5H3. The molecule has 7 atom stereocenters. The molecule has 5 nitrogen and oxygen atoms in total. The molecule has 3 saturated carbocycles. The summed E-state index contributed by atoms with van der Waals surface area (Å²) in [6.07, 6.45) is 5.77. The number of fused-ring (bicyclic) bond motifs is 5. The third kappa shape index (κ3) is 3.30. The first kappa shape index (κ1) is 22.1. The predicted molar refractivity (Wildman–Crippen MR) is 113 cm³/mol. The average molecular weight is 421 g/mol. The smallest absolute Gasteiger partial charge is 0.309 e. The molecule has 0 amide bonds. The van der Waals surface area contributed by atoms with Gasteiger partial charge in [0.2, 0.25) is 0 Å². The number of carbonyl (C=O) groups is 2. The minimum absolute atomic E-state index is 0.0134. The van der Waals surface area contributed by atoms with Crippen LogP contribution in [0.4, 0.5) is 0 Å². The molecular formula is C25H40O5. The lowest BCUT2D eigenvalue weighted by molar-refractivity contribution is -0.230. The van der Waals surface area contributed by atoms with Crippen molar-refractivity contribution in [1.82, 2.24) is 0 Å². The zero-order valence-electron chi connectivity index (χ0n) is 19.4. The van der Waals surface area contributed by atoms with Crippen molar-refractivity contribution in [3.05, 3.63) is 0 Å². The van der Waals surface area contributed by atoms with Gasteiger partial charge in [0.05, 0.1) is 25.2 Å². The number of hydrogen-bond donors (Lipinski definition) is 1. The predicted octanol–water partition coefficient (Wildman–Crippen LogP) is 4.36. The number of aliphatic hydroxyl groups excluding tert-OH is 1. The molecule has 0 aromatic rings. The van der Waals surface area contributed by atoms with Crippen LogP contribution in [-0.2, 0) is 19.1 Å². The number of aliphatic hydroxyl groups is 1. The van der Waals surface area contributed by atoms with Gasteiger partial charge in [0.15, 0.2) is 0 Å².